The van der Waals surface area contributed by atoms with Crippen molar-refractivity contribution >= 4 is 5.78 Å². The summed E-state index contributed by atoms with van der Waals surface area (Å²) in [7, 11) is 0. The Labute approximate surface area is 105 Å². The molecule has 3 rings (SSSR count). The number of aryl methyl sites for hydroxylation is 2. The normalized spacial score (nSPS) is 13.8. The van der Waals surface area contributed by atoms with E-state index < -0.39 is 0 Å². The monoisotopic (exact) mass is 240 g/mol. The Bertz CT molecular complexity index is 644. The number of carbonyl (C=O) groups is 1. The minimum atomic E-state index is -0.206. The summed E-state index contributed by atoms with van der Waals surface area (Å²) in [5, 5.41) is 0. The predicted octanol–water partition coefficient (Wildman–Crippen LogP) is 3.93. The summed E-state index contributed by atoms with van der Waals surface area (Å²) in [6, 6.07) is 11.0. The number of halogens is 1. The van der Waals surface area contributed by atoms with Crippen LogP contribution >= 0.6 is 0 Å². The second-order valence-corrected chi connectivity index (χ2v) is 4.73. The minimum Gasteiger partial charge on any atom is -0.294 e. The SMILES string of the molecule is Cc1cccc(-c2ccc3c(c2)C(=O)CC3)c1F. The maximum atomic E-state index is 14.1. The molecule has 1 aliphatic rings. The summed E-state index contributed by atoms with van der Waals surface area (Å²) in [6.45, 7) is 1.75. The van der Waals surface area contributed by atoms with Crippen LogP contribution in [0.5, 0.6) is 0 Å². The molecule has 0 saturated carbocycles. The van der Waals surface area contributed by atoms with E-state index in [9.17, 15) is 9.18 Å². The van der Waals surface area contributed by atoms with Crippen molar-refractivity contribution in [3.05, 3.63) is 58.9 Å². The van der Waals surface area contributed by atoms with Crippen molar-refractivity contribution < 1.29 is 9.18 Å². The Kier molecular flexibility index (Phi) is 2.51. The fourth-order valence-electron chi connectivity index (χ4n) is 2.47. The van der Waals surface area contributed by atoms with Crippen LogP contribution < -0.4 is 0 Å². The number of Topliss-reactive ketones (excluding diaryl/α,β-unsaturated/α-hetero) is 1. The first kappa shape index (κ1) is 11.1. The number of hydrogen-bond donors (Lipinski definition) is 0. The second kappa shape index (κ2) is 4.05. The molecule has 0 aliphatic heterocycles. The molecule has 1 aliphatic carbocycles. The van der Waals surface area contributed by atoms with Crippen LogP contribution in [-0.4, -0.2) is 5.78 Å². The van der Waals surface area contributed by atoms with Crippen molar-refractivity contribution in [2.24, 2.45) is 0 Å². The molecule has 0 saturated heterocycles. The van der Waals surface area contributed by atoms with Crippen molar-refractivity contribution in [3.8, 4) is 11.1 Å². The van der Waals surface area contributed by atoms with Gasteiger partial charge in [0.2, 0.25) is 0 Å². The Morgan fingerprint density at radius 3 is 2.72 bits per heavy atom. The summed E-state index contributed by atoms with van der Waals surface area (Å²) < 4.78 is 14.1. The van der Waals surface area contributed by atoms with Gasteiger partial charge >= 0.3 is 0 Å². The lowest BCUT2D eigenvalue weighted by atomic mass is 9.98. The lowest BCUT2D eigenvalue weighted by molar-refractivity contribution is 0.0994. The number of fused-ring (bicyclic) bond motifs is 1. The van der Waals surface area contributed by atoms with E-state index in [1.54, 1.807) is 19.1 Å². The molecule has 0 radical (unpaired) electrons. The predicted molar refractivity (Wildman–Crippen MR) is 69.2 cm³/mol. The summed E-state index contributed by atoms with van der Waals surface area (Å²) in [5.41, 5.74) is 3.81. The largest absolute Gasteiger partial charge is 0.294 e. The highest BCUT2D eigenvalue weighted by atomic mass is 19.1. The van der Waals surface area contributed by atoms with Crippen LogP contribution in [0.3, 0.4) is 0 Å². The van der Waals surface area contributed by atoms with Crippen molar-refractivity contribution in [2.75, 3.05) is 0 Å². The maximum absolute atomic E-state index is 14.1. The van der Waals surface area contributed by atoms with Crippen LogP contribution in [0, 0.1) is 12.7 Å². The van der Waals surface area contributed by atoms with Gasteiger partial charge in [0.25, 0.3) is 0 Å². The van der Waals surface area contributed by atoms with Crippen molar-refractivity contribution in [3.63, 3.8) is 0 Å². The van der Waals surface area contributed by atoms with Gasteiger partial charge in [-0.15, -0.1) is 0 Å². The van der Waals surface area contributed by atoms with E-state index in [2.05, 4.69) is 0 Å². The average molecular weight is 240 g/mol. The zero-order chi connectivity index (χ0) is 12.7. The number of benzene rings is 2. The molecular formula is C16H13FO. The van der Waals surface area contributed by atoms with Gasteiger partial charge in [0, 0.05) is 17.5 Å². The number of carbonyl (C=O) groups excluding carboxylic acids is 1. The first-order valence-electron chi connectivity index (χ1n) is 6.08. The zero-order valence-corrected chi connectivity index (χ0v) is 10.2. The van der Waals surface area contributed by atoms with Crippen LogP contribution in [-0.2, 0) is 6.42 Å². The molecular weight excluding hydrogens is 227 g/mol. The van der Waals surface area contributed by atoms with E-state index in [0.29, 0.717) is 17.5 Å². The van der Waals surface area contributed by atoms with Crippen molar-refractivity contribution in [2.45, 2.75) is 19.8 Å². The summed E-state index contributed by atoms with van der Waals surface area (Å²) >= 11 is 0. The highest BCUT2D eigenvalue weighted by molar-refractivity contribution is 6.01. The average Bonchev–Trinajstić information content (AvgIpc) is 2.74. The van der Waals surface area contributed by atoms with Crippen LogP contribution in [0.2, 0.25) is 0 Å². The van der Waals surface area contributed by atoms with Crippen molar-refractivity contribution in [1.82, 2.24) is 0 Å². The third-order valence-electron chi connectivity index (χ3n) is 3.53. The Hall–Kier alpha value is -1.96. The molecule has 0 heterocycles. The smallest absolute Gasteiger partial charge is 0.163 e. The van der Waals surface area contributed by atoms with E-state index in [-0.39, 0.29) is 11.6 Å². The van der Waals surface area contributed by atoms with E-state index in [1.807, 2.05) is 24.3 Å². The molecule has 90 valence electrons. The zero-order valence-electron chi connectivity index (χ0n) is 10.2. The van der Waals surface area contributed by atoms with Gasteiger partial charge in [0.1, 0.15) is 5.82 Å². The molecule has 0 N–H and O–H groups in total. The minimum absolute atomic E-state index is 0.167. The molecule has 1 nitrogen and oxygen atoms in total. The van der Waals surface area contributed by atoms with Gasteiger partial charge in [-0.25, -0.2) is 4.39 Å². The summed E-state index contributed by atoms with van der Waals surface area (Å²) in [5.74, 6) is -0.0391. The van der Waals surface area contributed by atoms with E-state index in [4.69, 9.17) is 0 Å². The number of rotatable bonds is 1. The lowest BCUT2D eigenvalue weighted by Crippen LogP contribution is -1.93. The van der Waals surface area contributed by atoms with Gasteiger partial charge in [0.15, 0.2) is 5.78 Å². The molecule has 0 amide bonds. The summed E-state index contributed by atoms with van der Waals surface area (Å²) in [6.07, 6.45) is 1.39. The van der Waals surface area contributed by atoms with Crippen molar-refractivity contribution in [1.29, 1.82) is 0 Å². The first-order chi connectivity index (χ1) is 8.66. The molecule has 0 unspecified atom stereocenters. The van der Waals surface area contributed by atoms with E-state index in [1.165, 1.54) is 0 Å². The highest BCUT2D eigenvalue weighted by Gasteiger charge is 2.20. The van der Waals surface area contributed by atoms with E-state index >= 15 is 0 Å². The van der Waals surface area contributed by atoms with Gasteiger partial charge in [-0.1, -0.05) is 30.3 Å². The van der Waals surface area contributed by atoms with E-state index in [0.717, 1.165) is 23.1 Å². The number of hydrogen-bond acceptors (Lipinski definition) is 1. The van der Waals surface area contributed by atoms with Gasteiger partial charge < -0.3 is 0 Å². The highest BCUT2D eigenvalue weighted by Crippen LogP contribution is 2.30. The van der Waals surface area contributed by atoms with Crippen LogP contribution in [0.25, 0.3) is 11.1 Å². The molecule has 2 heteroatoms. The van der Waals surface area contributed by atoms with Crippen LogP contribution in [0.15, 0.2) is 36.4 Å². The van der Waals surface area contributed by atoms with Gasteiger partial charge in [0.05, 0.1) is 0 Å². The second-order valence-electron chi connectivity index (χ2n) is 4.73. The lowest BCUT2D eigenvalue weighted by Gasteiger charge is -2.07. The molecule has 2 aromatic carbocycles. The number of ketones is 1. The fraction of sp³-hybridized carbons (Fsp3) is 0.188. The topological polar surface area (TPSA) is 17.1 Å². The third kappa shape index (κ3) is 1.65. The Morgan fingerprint density at radius 2 is 1.89 bits per heavy atom. The molecule has 0 spiro atoms. The Morgan fingerprint density at radius 1 is 1.06 bits per heavy atom. The molecule has 2 aromatic rings. The Balaban J connectivity index is 2.16. The molecule has 0 atom stereocenters. The van der Waals surface area contributed by atoms with Gasteiger partial charge in [-0.2, -0.15) is 0 Å². The quantitative estimate of drug-likeness (QED) is 0.738. The third-order valence-corrected chi connectivity index (χ3v) is 3.53. The van der Waals surface area contributed by atoms with Crippen LogP contribution in [0.1, 0.15) is 27.9 Å². The molecule has 0 fully saturated rings. The maximum Gasteiger partial charge on any atom is 0.163 e. The summed E-state index contributed by atoms with van der Waals surface area (Å²) in [4.78, 5) is 11.7. The first-order valence-corrected chi connectivity index (χ1v) is 6.08. The molecule has 0 aromatic heterocycles. The standard InChI is InChI=1S/C16H13FO/c1-10-3-2-4-13(16(10)17)12-6-5-11-7-8-15(18)14(11)9-12/h2-6,9H,7-8H2,1H3. The van der Waals surface area contributed by atoms with Gasteiger partial charge in [-0.05, 0) is 36.1 Å². The van der Waals surface area contributed by atoms with Gasteiger partial charge in [-0.3, -0.25) is 4.79 Å². The van der Waals surface area contributed by atoms with Crippen LogP contribution in [0.4, 0.5) is 4.39 Å². The fourth-order valence-corrected chi connectivity index (χ4v) is 2.47. The molecule has 0 bridgehead atoms. The molecule has 18 heavy (non-hydrogen) atoms.